The van der Waals surface area contributed by atoms with Gasteiger partial charge in [-0.1, -0.05) is 73.5 Å². The summed E-state index contributed by atoms with van der Waals surface area (Å²) in [5.74, 6) is -1.60. The van der Waals surface area contributed by atoms with Gasteiger partial charge in [0.25, 0.3) is 0 Å². The number of carbonyl (C=O) groups is 2. The predicted octanol–water partition coefficient (Wildman–Crippen LogP) is 4.80. The van der Waals surface area contributed by atoms with Crippen molar-refractivity contribution in [3.63, 3.8) is 0 Å². The largest absolute Gasteiger partial charge is 0.354 e. The number of halogens is 2. The van der Waals surface area contributed by atoms with Crippen molar-refractivity contribution >= 4 is 39.1 Å². The number of benzene rings is 3. The zero-order valence-electron chi connectivity index (χ0n) is 22.0. The molecular formula is C29H33ClFN3O4S. The highest BCUT2D eigenvalue weighted by Crippen LogP contribution is 2.22. The average Bonchev–Trinajstić information content (AvgIpc) is 2.89. The van der Waals surface area contributed by atoms with Crippen LogP contribution in [-0.2, 0) is 32.6 Å². The maximum atomic E-state index is 14.0. The van der Waals surface area contributed by atoms with Gasteiger partial charge in [-0.25, -0.2) is 12.8 Å². The molecule has 0 saturated heterocycles. The zero-order chi connectivity index (χ0) is 28.4. The molecule has 0 aliphatic heterocycles. The van der Waals surface area contributed by atoms with Crippen molar-refractivity contribution in [2.45, 2.75) is 38.8 Å². The fourth-order valence-electron chi connectivity index (χ4n) is 4.14. The van der Waals surface area contributed by atoms with Crippen molar-refractivity contribution < 1.29 is 22.4 Å². The minimum atomic E-state index is -3.97. The van der Waals surface area contributed by atoms with E-state index in [1.807, 2.05) is 37.3 Å². The fourth-order valence-corrected chi connectivity index (χ4v) is 5.19. The van der Waals surface area contributed by atoms with Gasteiger partial charge in [-0.2, -0.15) is 0 Å². The Morgan fingerprint density at radius 3 is 2.31 bits per heavy atom. The first kappa shape index (κ1) is 30.1. The van der Waals surface area contributed by atoms with E-state index in [1.165, 1.54) is 23.1 Å². The fraction of sp³-hybridized carbons (Fsp3) is 0.310. The number of hydrogen-bond acceptors (Lipinski definition) is 4. The van der Waals surface area contributed by atoms with Crippen LogP contribution in [0.1, 0.15) is 30.9 Å². The molecule has 2 amide bonds. The Bertz CT molecular complexity index is 1370. The topological polar surface area (TPSA) is 86.8 Å². The number of nitrogens with zero attached hydrogens (tertiary/aromatic N) is 2. The number of hydrogen-bond donors (Lipinski definition) is 1. The van der Waals surface area contributed by atoms with Gasteiger partial charge in [0.15, 0.2) is 0 Å². The molecule has 3 aromatic carbocycles. The minimum Gasteiger partial charge on any atom is -0.354 e. The molecule has 10 heteroatoms. The smallest absolute Gasteiger partial charge is 0.244 e. The van der Waals surface area contributed by atoms with Gasteiger partial charge in [0, 0.05) is 24.5 Å². The van der Waals surface area contributed by atoms with Gasteiger partial charge in [0.1, 0.15) is 18.4 Å². The molecule has 3 aromatic rings. The number of carbonyl (C=O) groups excluding carboxylic acids is 2. The van der Waals surface area contributed by atoms with Crippen LogP contribution in [0, 0.1) is 5.82 Å². The first-order valence-corrected chi connectivity index (χ1v) is 14.9. The van der Waals surface area contributed by atoms with E-state index in [1.54, 1.807) is 24.3 Å². The van der Waals surface area contributed by atoms with Crippen LogP contribution in [0.5, 0.6) is 0 Å². The summed E-state index contributed by atoms with van der Waals surface area (Å²) in [4.78, 5) is 28.8. The summed E-state index contributed by atoms with van der Waals surface area (Å²) in [6, 6.07) is 20.3. The Hall–Kier alpha value is -3.43. The monoisotopic (exact) mass is 573 g/mol. The van der Waals surface area contributed by atoms with Gasteiger partial charge in [0.2, 0.25) is 21.8 Å². The lowest BCUT2D eigenvalue weighted by Gasteiger charge is -2.33. The molecule has 7 nitrogen and oxygen atoms in total. The van der Waals surface area contributed by atoms with Crippen molar-refractivity contribution in [3.8, 4) is 0 Å². The molecule has 0 saturated carbocycles. The summed E-state index contributed by atoms with van der Waals surface area (Å²) >= 11 is 6.20. The lowest BCUT2D eigenvalue weighted by atomic mass is 10.0. The van der Waals surface area contributed by atoms with Crippen molar-refractivity contribution in [2.24, 2.45) is 0 Å². The number of sulfonamides is 1. The summed E-state index contributed by atoms with van der Waals surface area (Å²) in [5.41, 5.74) is 1.52. The standard InChI is InChI=1S/C29H33ClFN3O4S/c1-3-4-16-32-29(36)27(18-22-10-6-5-7-11-22)33(20-23-12-8-13-24(30)17-23)28(35)21-34(39(2,37)38)26-15-9-14-25(31)19-26/h5-15,17,19,27H,3-4,16,18,20-21H2,1-2H3,(H,32,36)/t27-/m1/s1. The molecule has 0 radical (unpaired) electrons. The van der Waals surface area contributed by atoms with Gasteiger partial charge in [-0.3, -0.25) is 13.9 Å². The molecule has 1 atom stereocenters. The number of anilines is 1. The van der Waals surface area contributed by atoms with E-state index in [4.69, 9.17) is 11.6 Å². The zero-order valence-corrected chi connectivity index (χ0v) is 23.6. The van der Waals surface area contributed by atoms with Crippen molar-refractivity contribution in [1.82, 2.24) is 10.2 Å². The predicted molar refractivity (Wildman–Crippen MR) is 152 cm³/mol. The van der Waals surface area contributed by atoms with Crippen LogP contribution in [0.15, 0.2) is 78.9 Å². The highest BCUT2D eigenvalue weighted by Gasteiger charge is 2.33. The van der Waals surface area contributed by atoms with Crippen molar-refractivity contribution in [1.29, 1.82) is 0 Å². The molecule has 0 aliphatic rings. The molecule has 1 N–H and O–H groups in total. The summed E-state index contributed by atoms with van der Waals surface area (Å²) in [5, 5.41) is 3.38. The SMILES string of the molecule is CCCCNC(=O)[C@@H](Cc1ccccc1)N(Cc1cccc(Cl)c1)C(=O)CN(c1cccc(F)c1)S(C)(=O)=O. The number of amides is 2. The summed E-state index contributed by atoms with van der Waals surface area (Å²) < 4.78 is 40.2. The lowest BCUT2D eigenvalue weighted by molar-refractivity contribution is -0.140. The van der Waals surface area contributed by atoms with Crippen LogP contribution in [0.3, 0.4) is 0 Å². The van der Waals surface area contributed by atoms with E-state index in [0.717, 1.165) is 35.0 Å². The summed E-state index contributed by atoms with van der Waals surface area (Å²) in [7, 11) is -3.97. The molecule has 0 aromatic heterocycles. The van der Waals surface area contributed by atoms with E-state index in [9.17, 15) is 22.4 Å². The Balaban J connectivity index is 2.03. The second-order valence-corrected chi connectivity index (χ2v) is 11.6. The van der Waals surface area contributed by atoms with E-state index < -0.39 is 34.3 Å². The normalized spacial score (nSPS) is 12.0. The average molecular weight is 574 g/mol. The van der Waals surface area contributed by atoms with Gasteiger partial charge in [-0.15, -0.1) is 0 Å². The Labute approximate surface area is 234 Å². The van der Waals surface area contributed by atoms with Crippen LogP contribution < -0.4 is 9.62 Å². The maximum Gasteiger partial charge on any atom is 0.244 e. The van der Waals surface area contributed by atoms with Crippen LogP contribution in [0.2, 0.25) is 5.02 Å². The van der Waals surface area contributed by atoms with Crippen LogP contribution >= 0.6 is 11.6 Å². The maximum absolute atomic E-state index is 14.0. The quantitative estimate of drug-likeness (QED) is 0.298. The molecule has 208 valence electrons. The Kier molecular flexibility index (Phi) is 10.9. The molecular weight excluding hydrogens is 541 g/mol. The van der Waals surface area contributed by atoms with Crippen molar-refractivity contribution in [3.05, 3.63) is 101 Å². The van der Waals surface area contributed by atoms with Crippen LogP contribution in [0.25, 0.3) is 0 Å². The number of unbranched alkanes of at least 4 members (excludes halogenated alkanes) is 1. The molecule has 0 aliphatic carbocycles. The van der Waals surface area contributed by atoms with Crippen LogP contribution in [0.4, 0.5) is 10.1 Å². The Morgan fingerprint density at radius 1 is 0.974 bits per heavy atom. The highest BCUT2D eigenvalue weighted by molar-refractivity contribution is 7.92. The molecule has 0 heterocycles. The number of rotatable bonds is 13. The van der Waals surface area contributed by atoms with E-state index >= 15 is 0 Å². The van der Waals surface area contributed by atoms with E-state index in [-0.39, 0.29) is 24.6 Å². The molecule has 0 spiro atoms. The van der Waals surface area contributed by atoms with Crippen LogP contribution in [-0.4, -0.2) is 50.5 Å². The van der Waals surface area contributed by atoms with Gasteiger partial charge >= 0.3 is 0 Å². The third kappa shape index (κ3) is 9.07. The second-order valence-electron chi connectivity index (χ2n) is 9.25. The molecule has 0 unspecified atom stereocenters. The lowest BCUT2D eigenvalue weighted by Crippen LogP contribution is -2.53. The second kappa shape index (κ2) is 14.1. The first-order chi connectivity index (χ1) is 18.6. The highest BCUT2D eigenvalue weighted by atomic mass is 35.5. The molecule has 0 bridgehead atoms. The van der Waals surface area contributed by atoms with Gasteiger partial charge in [-0.05, 0) is 47.9 Å². The third-order valence-corrected chi connectivity index (χ3v) is 7.49. The molecule has 0 fully saturated rings. The number of nitrogens with one attached hydrogen (secondary N) is 1. The Morgan fingerprint density at radius 2 is 1.67 bits per heavy atom. The molecule has 39 heavy (non-hydrogen) atoms. The summed E-state index contributed by atoms with van der Waals surface area (Å²) in [6.07, 6.45) is 2.81. The van der Waals surface area contributed by atoms with E-state index in [0.29, 0.717) is 17.1 Å². The van der Waals surface area contributed by atoms with Gasteiger partial charge < -0.3 is 10.2 Å². The van der Waals surface area contributed by atoms with E-state index in [2.05, 4.69) is 5.32 Å². The minimum absolute atomic E-state index is 0.0127. The summed E-state index contributed by atoms with van der Waals surface area (Å²) in [6.45, 7) is 1.85. The third-order valence-electron chi connectivity index (χ3n) is 6.12. The first-order valence-electron chi connectivity index (χ1n) is 12.7. The molecule has 3 rings (SSSR count). The van der Waals surface area contributed by atoms with Crippen molar-refractivity contribution in [2.75, 3.05) is 23.7 Å². The van der Waals surface area contributed by atoms with Gasteiger partial charge in [0.05, 0.1) is 11.9 Å².